The third-order valence-electron chi connectivity index (χ3n) is 1.64. The van der Waals surface area contributed by atoms with Gasteiger partial charge in [0.1, 0.15) is 5.82 Å². The van der Waals surface area contributed by atoms with Crippen molar-refractivity contribution >= 4 is 5.78 Å². The van der Waals surface area contributed by atoms with E-state index in [-0.39, 0.29) is 11.6 Å². The Morgan fingerprint density at radius 3 is 2.54 bits per heavy atom. The van der Waals surface area contributed by atoms with Gasteiger partial charge in [-0.1, -0.05) is 18.2 Å². The largest absolute Gasteiger partial charge is 0.294 e. The molecular weight excluding hydrogens is 167 g/mol. The SMILES string of the molecule is C/C=C/C(=O)Cc1ccc(F)cc1. The molecule has 0 saturated carbocycles. The second-order valence-corrected chi connectivity index (χ2v) is 2.77. The predicted octanol–water partition coefficient (Wildman–Crippen LogP) is 2.51. The first-order valence-electron chi connectivity index (χ1n) is 4.12. The Bertz CT molecular complexity index is 311. The molecule has 0 bridgehead atoms. The van der Waals surface area contributed by atoms with Gasteiger partial charge in [-0.2, -0.15) is 0 Å². The van der Waals surface area contributed by atoms with E-state index >= 15 is 0 Å². The highest BCUT2D eigenvalue weighted by Gasteiger charge is 1.98. The van der Waals surface area contributed by atoms with Crippen LogP contribution in [0.3, 0.4) is 0 Å². The normalized spacial score (nSPS) is 10.6. The molecule has 0 spiro atoms. The van der Waals surface area contributed by atoms with Crippen molar-refractivity contribution in [2.24, 2.45) is 0 Å². The van der Waals surface area contributed by atoms with Gasteiger partial charge in [0.15, 0.2) is 5.78 Å². The monoisotopic (exact) mass is 178 g/mol. The lowest BCUT2D eigenvalue weighted by Gasteiger charge is -1.96. The highest BCUT2D eigenvalue weighted by molar-refractivity contribution is 5.91. The molecule has 0 amide bonds. The van der Waals surface area contributed by atoms with Gasteiger partial charge in [0.2, 0.25) is 0 Å². The quantitative estimate of drug-likeness (QED) is 0.650. The standard InChI is InChI=1S/C11H11FO/c1-2-3-11(13)8-9-4-6-10(12)7-5-9/h2-7H,8H2,1H3/b3-2+. The van der Waals surface area contributed by atoms with Crippen LogP contribution in [0.25, 0.3) is 0 Å². The highest BCUT2D eigenvalue weighted by atomic mass is 19.1. The molecule has 0 atom stereocenters. The van der Waals surface area contributed by atoms with Gasteiger partial charge in [0, 0.05) is 6.42 Å². The molecule has 1 nitrogen and oxygen atoms in total. The van der Waals surface area contributed by atoms with Gasteiger partial charge in [-0.25, -0.2) is 4.39 Å². The van der Waals surface area contributed by atoms with Crippen molar-refractivity contribution in [3.8, 4) is 0 Å². The summed E-state index contributed by atoms with van der Waals surface area (Å²) in [6.07, 6.45) is 3.56. The van der Waals surface area contributed by atoms with Crippen LogP contribution in [0.15, 0.2) is 36.4 Å². The Hall–Kier alpha value is -1.44. The molecule has 0 aromatic heterocycles. The molecule has 2 heteroatoms. The Kier molecular flexibility index (Phi) is 3.38. The maximum atomic E-state index is 12.5. The summed E-state index contributed by atoms with van der Waals surface area (Å²) >= 11 is 0. The van der Waals surface area contributed by atoms with Crippen molar-refractivity contribution < 1.29 is 9.18 Å². The lowest BCUT2D eigenvalue weighted by molar-refractivity contribution is -0.114. The second kappa shape index (κ2) is 4.55. The van der Waals surface area contributed by atoms with Crippen molar-refractivity contribution in [2.45, 2.75) is 13.3 Å². The van der Waals surface area contributed by atoms with E-state index in [1.54, 1.807) is 25.1 Å². The molecule has 0 N–H and O–H groups in total. The van der Waals surface area contributed by atoms with Crippen molar-refractivity contribution in [2.75, 3.05) is 0 Å². The van der Waals surface area contributed by atoms with E-state index < -0.39 is 0 Å². The van der Waals surface area contributed by atoms with Gasteiger partial charge in [-0.05, 0) is 30.7 Å². The maximum Gasteiger partial charge on any atom is 0.159 e. The van der Waals surface area contributed by atoms with E-state index in [0.717, 1.165) is 5.56 Å². The number of halogens is 1. The fourth-order valence-electron chi connectivity index (χ4n) is 1.05. The average molecular weight is 178 g/mol. The summed E-state index contributed by atoms with van der Waals surface area (Å²) in [6.45, 7) is 1.79. The van der Waals surface area contributed by atoms with Crippen molar-refractivity contribution in [3.63, 3.8) is 0 Å². The number of benzene rings is 1. The molecule has 0 aliphatic carbocycles. The second-order valence-electron chi connectivity index (χ2n) is 2.77. The summed E-state index contributed by atoms with van der Waals surface area (Å²) < 4.78 is 12.5. The summed E-state index contributed by atoms with van der Waals surface area (Å²) in [5.41, 5.74) is 0.838. The zero-order valence-electron chi connectivity index (χ0n) is 7.46. The summed E-state index contributed by atoms with van der Waals surface area (Å²) in [5, 5.41) is 0. The Balaban J connectivity index is 2.64. The van der Waals surface area contributed by atoms with E-state index in [9.17, 15) is 9.18 Å². The number of ketones is 1. The number of carbonyl (C=O) groups is 1. The van der Waals surface area contributed by atoms with E-state index in [1.165, 1.54) is 18.2 Å². The van der Waals surface area contributed by atoms with Crippen LogP contribution in [0.1, 0.15) is 12.5 Å². The van der Waals surface area contributed by atoms with Gasteiger partial charge in [-0.15, -0.1) is 0 Å². The molecule has 1 rings (SSSR count). The minimum atomic E-state index is -0.276. The zero-order chi connectivity index (χ0) is 9.68. The summed E-state index contributed by atoms with van der Waals surface area (Å²) in [6, 6.07) is 5.96. The summed E-state index contributed by atoms with van der Waals surface area (Å²) in [4.78, 5) is 11.1. The van der Waals surface area contributed by atoms with Gasteiger partial charge in [0.05, 0.1) is 0 Å². The summed E-state index contributed by atoms with van der Waals surface area (Å²) in [5.74, 6) is -0.239. The van der Waals surface area contributed by atoms with Crippen LogP contribution < -0.4 is 0 Å². The number of hydrogen-bond donors (Lipinski definition) is 0. The third-order valence-corrected chi connectivity index (χ3v) is 1.64. The van der Waals surface area contributed by atoms with Gasteiger partial charge in [0.25, 0.3) is 0 Å². The number of carbonyl (C=O) groups excluding carboxylic acids is 1. The van der Waals surface area contributed by atoms with Crippen LogP contribution >= 0.6 is 0 Å². The summed E-state index contributed by atoms with van der Waals surface area (Å²) in [7, 11) is 0. The minimum Gasteiger partial charge on any atom is -0.294 e. The van der Waals surface area contributed by atoms with Crippen molar-refractivity contribution in [1.82, 2.24) is 0 Å². The van der Waals surface area contributed by atoms with Crippen LogP contribution in [-0.4, -0.2) is 5.78 Å². The molecule has 13 heavy (non-hydrogen) atoms. The van der Waals surface area contributed by atoms with Gasteiger partial charge < -0.3 is 0 Å². The van der Waals surface area contributed by atoms with E-state index in [0.29, 0.717) is 6.42 Å². The van der Waals surface area contributed by atoms with Crippen LogP contribution in [-0.2, 0) is 11.2 Å². The van der Waals surface area contributed by atoms with Crippen molar-refractivity contribution in [1.29, 1.82) is 0 Å². The lowest BCUT2D eigenvalue weighted by atomic mass is 10.1. The van der Waals surface area contributed by atoms with Crippen LogP contribution in [0.5, 0.6) is 0 Å². The van der Waals surface area contributed by atoms with Crippen LogP contribution in [0.4, 0.5) is 4.39 Å². The van der Waals surface area contributed by atoms with Gasteiger partial charge >= 0.3 is 0 Å². The fraction of sp³-hybridized carbons (Fsp3) is 0.182. The predicted molar refractivity (Wildman–Crippen MR) is 49.9 cm³/mol. The molecule has 0 aliphatic rings. The first-order chi connectivity index (χ1) is 6.22. The molecule has 0 fully saturated rings. The number of rotatable bonds is 3. The smallest absolute Gasteiger partial charge is 0.159 e. The van der Waals surface area contributed by atoms with Crippen LogP contribution in [0.2, 0.25) is 0 Å². The third kappa shape index (κ3) is 3.20. The molecule has 68 valence electrons. The Morgan fingerprint density at radius 1 is 1.38 bits per heavy atom. The molecule has 0 radical (unpaired) electrons. The Morgan fingerprint density at radius 2 is 2.00 bits per heavy atom. The topological polar surface area (TPSA) is 17.1 Å². The zero-order valence-corrected chi connectivity index (χ0v) is 7.46. The maximum absolute atomic E-state index is 12.5. The number of allylic oxidation sites excluding steroid dienone is 2. The molecule has 0 saturated heterocycles. The lowest BCUT2D eigenvalue weighted by Crippen LogP contribution is -1.97. The average Bonchev–Trinajstić information content (AvgIpc) is 2.09. The molecule has 0 unspecified atom stereocenters. The van der Waals surface area contributed by atoms with Crippen LogP contribution in [0, 0.1) is 5.82 Å². The first kappa shape index (κ1) is 9.65. The molecule has 1 aromatic carbocycles. The molecule has 0 heterocycles. The Labute approximate surface area is 76.9 Å². The van der Waals surface area contributed by atoms with E-state index in [1.807, 2.05) is 0 Å². The molecular formula is C11H11FO. The van der Waals surface area contributed by atoms with Crippen molar-refractivity contribution in [3.05, 3.63) is 47.8 Å². The highest BCUT2D eigenvalue weighted by Crippen LogP contribution is 2.04. The fourth-order valence-corrected chi connectivity index (χ4v) is 1.05. The van der Waals surface area contributed by atoms with Gasteiger partial charge in [-0.3, -0.25) is 4.79 Å². The molecule has 0 aliphatic heterocycles. The molecule has 1 aromatic rings. The minimum absolute atomic E-state index is 0.0362. The first-order valence-corrected chi connectivity index (χ1v) is 4.12. The van der Waals surface area contributed by atoms with E-state index in [2.05, 4.69) is 0 Å². The van der Waals surface area contributed by atoms with E-state index in [4.69, 9.17) is 0 Å². The number of hydrogen-bond acceptors (Lipinski definition) is 1.